The maximum atomic E-state index is 12.4. The Kier molecular flexibility index (Phi) is 4.44. The van der Waals surface area contributed by atoms with E-state index in [0.29, 0.717) is 39.3 Å². The second kappa shape index (κ2) is 6.88. The Labute approximate surface area is 146 Å². The first-order chi connectivity index (χ1) is 12.2. The van der Waals surface area contributed by atoms with Crippen LogP contribution in [0.1, 0.15) is 12.0 Å². The molecule has 2 heterocycles. The van der Waals surface area contributed by atoms with Gasteiger partial charge in [0.15, 0.2) is 0 Å². The largest absolute Gasteiger partial charge is 0.378 e. The molecule has 0 spiro atoms. The molecular weight excluding hydrogens is 318 g/mol. The van der Waals surface area contributed by atoms with Crippen molar-refractivity contribution in [3.63, 3.8) is 0 Å². The number of fused-ring (bicyclic) bond motifs is 1. The number of amides is 2. The quantitative estimate of drug-likeness (QED) is 0.861. The van der Waals surface area contributed by atoms with Crippen molar-refractivity contribution >= 4 is 22.7 Å². The number of para-hydroxylation sites is 1. The summed E-state index contributed by atoms with van der Waals surface area (Å²) in [6.07, 6.45) is 3.46. The van der Waals surface area contributed by atoms with Crippen molar-refractivity contribution < 1.29 is 14.3 Å². The molecule has 1 saturated carbocycles. The molecule has 1 aliphatic heterocycles. The Bertz CT molecular complexity index is 779. The number of benzene rings is 1. The van der Waals surface area contributed by atoms with Gasteiger partial charge in [-0.2, -0.15) is 0 Å². The average Bonchev–Trinajstić information content (AvgIpc) is 3.36. The van der Waals surface area contributed by atoms with E-state index in [1.54, 1.807) is 0 Å². The van der Waals surface area contributed by atoms with Crippen molar-refractivity contribution in [1.29, 1.82) is 0 Å². The molecule has 2 fully saturated rings. The van der Waals surface area contributed by atoms with Crippen molar-refractivity contribution in [2.45, 2.75) is 12.8 Å². The minimum atomic E-state index is -0.154. The number of H-pyrrole nitrogens is 1. The number of ether oxygens (including phenoxy) is 1. The van der Waals surface area contributed by atoms with Crippen LogP contribution in [0.4, 0.5) is 0 Å². The monoisotopic (exact) mass is 341 g/mol. The molecule has 1 aromatic heterocycles. The first-order valence-electron chi connectivity index (χ1n) is 8.93. The molecule has 2 atom stereocenters. The summed E-state index contributed by atoms with van der Waals surface area (Å²) >= 11 is 0. The van der Waals surface area contributed by atoms with Crippen molar-refractivity contribution in [2.75, 3.05) is 32.8 Å². The molecule has 2 aliphatic rings. The van der Waals surface area contributed by atoms with E-state index < -0.39 is 0 Å². The van der Waals surface area contributed by atoms with E-state index >= 15 is 0 Å². The van der Waals surface area contributed by atoms with E-state index in [-0.39, 0.29) is 23.7 Å². The van der Waals surface area contributed by atoms with E-state index in [2.05, 4.69) is 16.4 Å². The fraction of sp³-hybridized carbons (Fsp3) is 0.474. The summed E-state index contributed by atoms with van der Waals surface area (Å²) < 4.78 is 5.27. The van der Waals surface area contributed by atoms with Gasteiger partial charge in [0.05, 0.1) is 25.0 Å². The number of aromatic nitrogens is 1. The third kappa shape index (κ3) is 3.39. The molecule has 6 heteroatoms. The number of nitrogens with one attached hydrogen (secondary N) is 2. The zero-order chi connectivity index (χ0) is 17.2. The number of hydrogen-bond acceptors (Lipinski definition) is 3. The summed E-state index contributed by atoms with van der Waals surface area (Å²) in [5, 5.41) is 4.18. The fourth-order valence-electron chi connectivity index (χ4n) is 3.57. The summed E-state index contributed by atoms with van der Waals surface area (Å²) in [7, 11) is 0. The van der Waals surface area contributed by atoms with E-state index in [1.165, 1.54) is 10.9 Å². The van der Waals surface area contributed by atoms with E-state index in [0.717, 1.165) is 11.9 Å². The Morgan fingerprint density at radius 1 is 1.20 bits per heavy atom. The van der Waals surface area contributed by atoms with E-state index in [9.17, 15) is 9.59 Å². The molecule has 132 valence electrons. The predicted molar refractivity (Wildman–Crippen MR) is 94.0 cm³/mol. The van der Waals surface area contributed by atoms with Crippen molar-refractivity contribution in [3.8, 4) is 0 Å². The highest BCUT2D eigenvalue weighted by molar-refractivity contribution is 5.92. The van der Waals surface area contributed by atoms with Crippen LogP contribution in [0.25, 0.3) is 10.9 Å². The molecule has 2 amide bonds. The van der Waals surface area contributed by atoms with Gasteiger partial charge >= 0.3 is 0 Å². The Balaban J connectivity index is 1.25. The number of carbonyl (C=O) groups excluding carboxylic acids is 2. The minimum Gasteiger partial charge on any atom is -0.378 e. The SMILES string of the molecule is O=C(NCCc1c[nH]c2ccccc12)C1CC1C(=O)N1CCOCC1. The van der Waals surface area contributed by atoms with Gasteiger partial charge in [0.25, 0.3) is 0 Å². The molecule has 0 bridgehead atoms. The lowest BCUT2D eigenvalue weighted by Gasteiger charge is -2.27. The van der Waals surface area contributed by atoms with Crippen LogP contribution in [-0.2, 0) is 20.7 Å². The Hall–Kier alpha value is -2.34. The highest BCUT2D eigenvalue weighted by atomic mass is 16.5. The molecule has 1 aromatic carbocycles. The van der Waals surface area contributed by atoms with Gasteiger partial charge in [-0.15, -0.1) is 0 Å². The van der Waals surface area contributed by atoms with Crippen molar-refractivity contribution in [3.05, 3.63) is 36.0 Å². The predicted octanol–water partition coefficient (Wildman–Crippen LogP) is 1.32. The van der Waals surface area contributed by atoms with Gasteiger partial charge in [-0.1, -0.05) is 18.2 Å². The number of nitrogens with zero attached hydrogens (tertiary/aromatic N) is 1. The molecule has 4 rings (SSSR count). The summed E-state index contributed by atoms with van der Waals surface area (Å²) in [5.41, 5.74) is 2.31. The Morgan fingerprint density at radius 3 is 2.84 bits per heavy atom. The fourth-order valence-corrected chi connectivity index (χ4v) is 3.57. The highest BCUT2D eigenvalue weighted by Gasteiger charge is 2.49. The lowest BCUT2D eigenvalue weighted by molar-refractivity contribution is -0.138. The topological polar surface area (TPSA) is 74.4 Å². The first-order valence-corrected chi connectivity index (χ1v) is 8.93. The van der Waals surface area contributed by atoms with Crippen LogP contribution in [0, 0.1) is 11.8 Å². The number of carbonyl (C=O) groups is 2. The van der Waals surface area contributed by atoms with Crippen LogP contribution < -0.4 is 5.32 Å². The third-order valence-corrected chi connectivity index (χ3v) is 5.14. The molecule has 25 heavy (non-hydrogen) atoms. The first kappa shape index (κ1) is 16.1. The van der Waals surface area contributed by atoms with Crippen molar-refractivity contribution in [2.24, 2.45) is 11.8 Å². The Morgan fingerprint density at radius 2 is 2.00 bits per heavy atom. The number of aromatic amines is 1. The van der Waals surface area contributed by atoms with Gasteiger partial charge in [0.1, 0.15) is 0 Å². The normalized spacial score (nSPS) is 22.8. The van der Waals surface area contributed by atoms with Gasteiger partial charge in [-0.3, -0.25) is 9.59 Å². The van der Waals surface area contributed by atoms with E-state index in [4.69, 9.17) is 4.74 Å². The van der Waals surface area contributed by atoms with E-state index in [1.807, 2.05) is 29.3 Å². The van der Waals surface area contributed by atoms with Crippen LogP contribution >= 0.6 is 0 Å². The second-order valence-corrected chi connectivity index (χ2v) is 6.79. The lowest BCUT2D eigenvalue weighted by Crippen LogP contribution is -2.42. The number of morpholine rings is 1. The smallest absolute Gasteiger partial charge is 0.226 e. The van der Waals surface area contributed by atoms with Crippen LogP contribution in [-0.4, -0.2) is 54.5 Å². The van der Waals surface area contributed by atoms with Crippen molar-refractivity contribution in [1.82, 2.24) is 15.2 Å². The average molecular weight is 341 g/mol. The standard InChI is InChI=1S/C19H23N3O3/c23-18(15-11-16(15)19(24)22-7-9-25-10-8-22)20-6-5-13-12-21-17-4-2-1-3-14(13)17/h1-4,12,15-16,21H,5-11H2,(H,20,23). The summed E-state index contributed by atoms with van der Waals surface area (Å²) in [6.45, 7) is 3.07. The van der Waals surface area contributed by atoms with Gasteiger partial charge in [0.2, 0.25) is 11.8 Å². The highest BCUT2D eigenvalue weighted by Crippen LogP contribution is 2.40. The van der Waals surface area contributed by atoms with Gasteiger partial charge in [-0.05, 0) is 24.5 Å². The molecule has 1 aliphatic carbocycles. The molecule has 2 aromatic rings. The zero-order valence-corrected chi connectivity index (χ0v) is 14.2. The van der Waals surface area contributed by atoms with Crippen LogP contribution in [0.15, 0.2) is 30.5 Å². The maximum absolute atomic E-state index is 12.4. The zero-order valence-electron chi connectivity index (χ0n) is 14.2. The maximum Gasteiger partial charge on any atom is 0.226 e. The summed E-state index contributed by atoms with van der Waals surface area (Å²) in [6, 6.07) is 8.15. The molecule has 1 saturated heterocycles. The van der Waals surface area contributed by atoms with Crippen LogP contribution in [0.5, 0.6) is 0 Å². The van der Waals surface area contributed by atoms with Crippen LogP contribution in [0.3, 0.4) is 0 Å². The molecule has 2 unspecified atom stereocenters. The molecular formula is C19H23N3O3. The second-order valence-electron chi connectivity index (χ2n) is 6.79. The molecule has 0 radical (unpaired) electrons. The van der Waals surface area contributed by atoms with Crippen LogP contribution in [0.2, 0.25) is 0 Å². The van der Waals surface area contributed by atoms with Gasteiger partial charge in [-0.25, -0.2) is 0 Å². The third-order valence-electron chi connectivity index (χ3n) is 5.14. The summed E-state index contributed by atoms with van der Waals surface area (Å²) in [5.74, 6) is -0.170. The summed E-state index contributed by atoms with van der Waals surface area (Å²) in [4.78, 5) is 29.7. The molecule has 6 nitrogen and oxygen atoms in total. The minimum absolute atomic E-state index is 0.00597. The van der Waals surface area contributed by atoms with Gasteiger partial charge < -0.3 is 19.9 Å². The number of hydrogen-bond donors (Lipinski definition) is 2. The lowest BCUT2D eigenvalue weighted by atomic mass is 10.1. The number of rotatable bonds is 5. The van der Waals surface area contributed by atoms with Gasteiger partial charge in [0, 0.05) is 36.7 Å². The molecule has 2 N–H and O–H groups in total.